The van der Waals surface area contributed by atoms with E-state index in [2.05, 4.69) is 10.6 Å². The Balaban J connectivity index is 1.71. The molecule has 7 nitrogen and oxygen atoms in total. The van der Waals surface area contributed by atoms with Crippen molar-refractivity contribution in [3.63, 3.8) is 0 Å². The van der Waals surface area contributed by atoms with Crippen LogP contribution in [-0.2, 0) is 11.2 Å². The Morgan fingerprint density at radius 3 is 2.44 bits per heavy atom. The minimum Gasteiger partial charge on any atom is -0.349 e. The number of nitro benzene ring substituents is 1. The second-order valence-corrected chi connectivity index (χ2v) is 6.61. The van der Waals surface area contributed by atoms with Gasteiger partial charge in [0.05, 0.1) is 22.6 Å². The molecule has 1 aliphatic rings. The second-order valence-electron chi connectivity index (χ2n) is 6.61. The molecule has 2 aromatic carbocycles. The smallest absolute Gasteiger partial charge is 0.273 e. The number of nitrogens with zero attached hydrogens (tertiary/aromatic N) is 1. The summed E-state index contributed by atoms with van der Waals surface area (Å²) in [6, 6.07) is 13.1. The number of anilines is 1. The van der Waals surface area contributed by atoms with Crippen LogP contribution in [0.1, 0.15) is 41.6 Å². The number of para-hydroxylation sites is 2. The Bertz CT molecular complexity index is 860. The third-order valence-electron chi connectivity index (χ3n) is 4.68. The number of benzene rings is 2. The summed E-state index contributed by atoms with van der Waals surface area (Å²) in [5.41, 5.74) is 1.02. The summed E-state index contributed by atoms with van der Waals surface area (Å²) in [7, 11) is 0. The normalized spacial score (nSPS) is 13.9. The molecule has 0 aliphatic heterocycles. The second kappa shape index (κ2) is 8.44. The number of carbonyl (C=O) groups excluding carboxylic acids is 2. The molecule has 3 rings (SSSR count). The molecule has 2 N–H and O–H groups in total. The van der Waals surface area contributed by atoms with E-state index in [0.29, 0.717) is 16.8 Å². The van der Waals surface area contributed by atoms with Crippen molar-refractivity contribution < 1.29 is 14.5 Å². The number of rotatable bonds is 6. The predicted octanol–water partition coefficient (Wildman–Crippen LogP) is 3.45. The molecule has 0 unspecified atom stereocenters. The summed E-state index contributed by atoms with van der Waals surface area (Å²) in [6.07, 6.45) is 4.02. The summed E-state index contributed by atoms with van der Waals surface area (Å²) in [6.45, 7) is 0. The lowest BCUT2D eigenvalue weighted by molar-refractivity contribution is -0.385. The van der Waals surface area contributed by atoms with Crippen LogP contribution in [0.2, 0.25) is 0 Å². The average Bonchev–Trinajstić information content (AvgIpc) is 3.15. The Hall–Kier alpha value is -3.22. The van der Waals surface area contributed by atoms with Gasteiger partial charge in [-0.05, 0) is 25.0 Å². The maximum atomic E-state index is 12.6. The van der Waals surface area contributed by atoms with E-state index in [1.165, 1.54) is 6.07 Å². The third-order valence-corrected chi connectivity index (χ3v) is 4.68. The van der Waals surface area contributed by atoms with Gasteiger partial charge in [-0.3, -0.25) is 19.7 Å². The van der Waals surface area contributed by atoms with E-state index in [0.717, 1.165) is 25.7 Å². The van der Waals surface area contributed by atoms with Gasteiger partial charge in [0.15, 0.2) is 0 Å². The molecule has 0 spiro atoms. The lowest BCUT2D eigenvalue weighted by Gasteiger charge is -2.15. The summed E-state index contributed by atoms with van der Waals surface area (Å²) in [4.78, 5) is 35.5. The topological polar surface area (TPSA) is 101 Å². The summed E-state index contributed by atoms with van der Waals surface area (Å²) < 4.78 is 0. The van der Waals surface area contributed by atoms with Crippen molar-refractivity contribution >= 4 is 23.2 Å². The number of carbonyl (C=O) groups is 2. The van der Waals surface area contributed by atoms with Gasteiger partial charge < -0.3 is 10.6 Å². The first-order valence-corrected chi connectivity index (χ1v) is 8.96. The van der Waals surface area contributed by atoms with Gasteiger partial charge in [-0.25, -0.2) is 0 Å². The zero-order valence-electron chi connectivity index (χ0n) is 14.8. The fraction of sp³-hybridized carbons (Fsp3) is 0.300. The standard InChI is InChI=1S/C20H21N3O4/c24-19(13-14-7-1-6-12-18(14)23(26)27)22-17-11-5-4-10-16(17)20(25)21-15-8-2-3-9-15/h1,4-7,10-12,15H,2-3,8-9,13H2,(H,21,25)(H,22,24). The first kappa shape index (κ1) is 18.6. The zero-order valence-corrected chi connectivity index (χ0v) is 14.8. The number of hydrogen-bond acceptors (Lipinski definition) is 4. The van der Waals surface area contributed by atoms with Gasteiger partial charge in [-0.2, -0.15) is 0 Å². The first-order chi connectivity index (χ1) is 13.0. The van der Waals surface area contributed by atoms with Crippen LogP contribution in [-0.4, -0.2) is 22.8 Å². The van der Waals surface area contributed by atoms with Crippen LogP contribution in [0.25, 0.3) is 0 Å². The van der Waals surface area contributed by atoms with Crippen LogP contribution in [0, 0.1) is 10.1 Å². The van der Waals surface area contributed by atoms with Gasteiger partial charge in [0, 0.05) is 17.7 Å². The van der Waals surface area contributed by atoms with Crippen LogP contribution >= 0.6 is 0 Å². The fourth-order valence-electron chi connectivity index (χ4n) is 3.33. The van der Waals surface area contributed by atoms with Crippen molar-refractivity contribution in [3.8, 4) is 0 Å². The summed E-state index contributed by atoms with van der Waals surface area (Å²) in [5.74, 6) is -0.631. The quantitative estimate of drug-likeness (QED) is 0.603. The molecule has 0 heterocycles. The van der Waals surface area contributed by atoms with Crippen LogP contribution in [0.15, 0.2) is 48.5 Å². The van der Waals surface area contributed by atoms with Crippen LogP contribution in [0.4, 0.5) is 11.4 Å². The molecule has 0 radical (unpaired) electrons. The van der Waals surface area contributed by atoms with Gasteiger partial charge in [-0.1, -0.05) is 43.2 Å². The Morgan fingerprint density at radius 2 is 1.70 bits per heavy atom. The van der Waals surface area contributed by atoms with Crippen LogP contribution in [0.3, 0.4) is 0 Å². The predicted molar refractivity (Wildman–Crippen MR) is 102 cm³/mol. The van der Waals surface area contributed by atoms with Gasteiger partial charge >= 0.3 is 0 Å². The van der Waals surface area contributed by atoms with E-state index in [-0.39, 0.29) is 24.1 Å². The van der Waals surface area contributed by atoms with E-state index in [9.17, 15) is 19.7 Å². The average molecular weight is 367 g/mol. The molecule has 0 atom stereocenters. The Morgan fingerprint density at radius 1 is 1.04 bits per heavy atom. The molecule has 140 valence electrons. The van der Waals surface area contributed by atoms with E-state index in [1.54, 1.807) is 42.5 Å². The van der Waals surface area contributed by atoms with Gasteiger partial charge in [0.2, 0.25) is 5.91 Å². The number of nitro groups is 1. The lowest BCUT2D eigenvalue weighted by atomic mass is 10.1. The Kier molecular flexibility index (Phi) is 5.80. The molecule has 1 saturated carbocycles. The number of amides is 2. The molecule has 2 aromatic rings. The number of hydrogen-bond donors (Lipinski definition) is 2. The van der Waals surface area contributed by atoms with Gasteiger partial charge in [0.1, 0.15) is 0 Å². The molecule has 1 aliphatic carbocycles. The molecular weight excluding hydrogens is 346 g/mol. The molecular formula is C20H21N3O4. The van der Waals surface area contributed by atoms with Crippen molar-refractivity contribution in [2.75, 3.05) is 5.32 Å². The third kappa shape index (κ3) is 4.69. The van der Waals surface area contributed by atoms with Crippen LogP contribution < -0.4 is 10.6 Å². The highest BCUT2D eigenvalue weighted by Gasteiger charge is 2.21. The first-order valence-electron chi connectivity index (χ1n) is 8.96. The largest absolute Gasteiger partial charge is 0.349 e. The monoisotopic (exact) mass is 367 g/mol. The molecule has 0 aromatic heterocycles. The number of nitrogens with one attached hydrogen (secondary N) is 2. The van der Waals surface area contributed by atoms with E-state index >= 15 is 0 Å². The van der Waals surface area contributed by atoms with E-state index < -0.39 is 10.8 Å². The highest BCUT2D eigenvalue weighted by molar-refractivity contribution is 6.04. The lowest BCUT2D eigenvalue weighted by Crippen LogP contribution is -2.33. The maximum absolute atomic E-state index is 12.6. The van der Waals surface area contributed by atoms with Gasteiger partial charge in [-0.15, -0.1) is 0 Å². The maximum Gasteiger partial charge on any atom is 0.273 e. The molecule has 0 bridgehead atoms. The van der Waals surface area contributed by atoms with Crippen molar-refractivity contribution in [2.45, 2.75) is 38.1 Å². The van der Waals surface area contributed by atoms with Gasteiger partial charge in [0.25, 0.3) is 11.6 Å². The van der Waals surface area contributed by atoms with Crippen LogP contribution in [0.5, 0.6) is 0 Å². The summed E-state index contributed by atoms with van der Waals surface area (Å²) >= 11 is 0. The van der Waals surface area contributed by atoms with E-state index in [4.69, 9.17) is 0 Å². The molecule has 7 heteroatoms. The van der Waals surface area contributed by atoms with Crippen molar-refractivity contribution in [3.05, 3.63) is 69.8 Å². The minimum atomic E-state index is -0.508. The molecule has 0 saturated heterocycles. The SMILES string of the molecule is O=C(Cc1ccccc1[N+](=O)[O-])Nc1ccccc1C(=O)NC1CCCC1. The van der Waals surface area contributed by atoms with Crippen molar-refractivity contribution in [2.24, 2.45) is 0 Å². The molecule has 2 amide bonds. The molecule has 27 heavy (non-hydrogen) atoms. The van der Waals surface area contributed by atoms with E-state index in [1.807, 2.05) is 0 Å². The highest BCUT2D eigenvalue weighted by atomic mass is 16.6. The highest BCUT2D eigenvalue weighted by Crippen LogP contribution is 2.22. The fourth-order valence-corrected chi connectivity index (χ4v) is 3.33. The summed E-state index contributed by atoms with van der Waals surface area (Å²) in [5, 5.41) is 16.8. The minimum absolute atomic E-state index is 0.0973. The Labute approximate surface area is 156 Å². The zero-order chi connectivity index (χ0) is 19.2. The van der Waals surface area contributed by atoms with Crippen molar-refractivity contribution in [1.29, 1.82) is 0 Å². The van der Waals surface area contributed by atoms with Crippen molar-refractivity contribution in [1.82, 2.24) is 5.32 Å². The molecule has 1 fully saturated rings.